The Morgan fingerprint density at radius 3 is 1.26 bits per heavy atom. The molecule has 0 spiro atoms. The van der Waals surface area contributed by atoms with Crippen LogP contribution in [0.5, 0.6) is 0 Å². The van der Waals surface area contributed by atoms with E-state index in [-0.39, 0.29) is 0 Å². The number of rotatable bonds is 2. The second-order valence-electron chi connectivity index (χ2n) is 9.43. The summed E-state index contributed by atoms with van der Waals surface area (Å²) in [6.45, 7) is 0. The second-order valence-corrected chi connectivity index (χ2v) is 13.2. The minimum atomic E-state index is -0.826. The van der Waals surface area contributed by atoms with Crippen molar-refractivity contribution in [2.75, 3.05) is 0 Å². The van der Waals surface area contributed by atoms with E-state index in [4.69, 9.17) is 17.0 Å². The van der Waals surface area contributed by atoms with Crippen LogP contribution in [-0.2, 0) is 46.5 Å². The van der Waals surface area contributed by atoms with Crippen LogP contribution in [0, 0.1) is 0 Å². The predicted octanol–water partition coefficient (Wildman–Crippen LogP) is 10.1. The molecule has 180 valence electrons. The quantitative estimate of drug-likeness (QED) is 0.163. The number of benzene rings is 2. The summed E-state index contributed by atoms with van der Waals surface area (Å²) in [6, 6.07) is 30.9. The van der Waals surface area contributed by atoms with Crippen LogP contribution in [0.4, 0.5) is 0 Å². The molecule has 0 saturated carbocycles. The molecule has 0 N–H and O–H groups in total. The third-order valence-corrected chi connectivity index (χ3v) is 7.24. The van der Waals surface area contributed by atoms with Gasteiger partial charge in [0.25, 0.3) is 0 Å². The zero-order chi connectivity index (χ0) is 24.3. The van der Waals surface area contributed by atoms with Crippen molar-refractivity contribution in [1.82, 2.24) is 0 Å². The molecule has 0 atom stereocenters. The first kappa shape index (κ1) is 26.7. The van der Waals surface area contributed by atoms with Gasteiger partial charge in [-0.3, -0.25) is 0 Å². The largest absolute Gasteiger partial charge is 0.148 e. The molecular formula is C32H34Cl2Zr. The summed E-state index contributed by atoms with van der Waals surface area (Å²) in [4.78, 5) is 0. The van der Waals surface area contributed by atoms with Gasteiger partial charge in [0.05, 0.1) is 0 Å². The maximum absolute atomic E-state index is 4.93. The molecule has 6 rings (SSSR count). The van der Waals surface area contributed by atoms with Gasteiger partial charge in [-0.15, -0.1) is 81.9 Å². The first-order chi connectivity index (χ1) is 17.3. The van der Waals surface area contributed by atoms with E-state index in [2.05, 4.69) is 84.9 Å². The van der Waals surface area contributed by atoms with Crippen molar-refractivity contribution in [3.8, 4) is 22.3 Å². The van der Waals surface area contributed by atoms with Gasteiger partial charge in [-0.25, -0.2) is 0 Å². The summed E-state index contributed by atoms with van der Waals surface area (Å²) >= 11 is -0.826. The van der Waals surface area contributed by atoms with Crippen LogP contribution in [0.1, 0.15) is 60.8 Å². The number of halogens is 2. The third-order valence-electron chi connectivity index (χ3n) is 7.24. The molecule has 0 nitrogen and oxygen atoms in total. The molecule has 2 aliphatic carbocycles. The predicted molar refractivity (Wildman–Crippen MR) is 149 cm³/mol. The van der Waals surface area contributed by atoms with E-state index in [1.165, 1.54) is 86.5 Å². The number of hydrogen-bond acceptors (Lipinski definition) is 0. The molecule has 0 amide bonds. The summed E-state index contributed by atoms with van der Waals surface area (Å²) in [5.74, 6) is 0. The minimum absolute atomic E-state index is 0.826. The molecule has 35 heavy (non-hydrogen) atoms. The summed E-state index contributed by atoms with van der Waals surface area (Å²) in [6.07, 6.45) is 13.3. The zero-order valence-corrected chi connectivity index (χ0v) is 24.4. The van der Waals surface area contributed by atoms with Gasteiger partial charge in [-0.1, -0.05) is 98.9 Å². The van der Waals surface area contributed by atoms with Crippen LogP contribution in [0.15, 0.2) is 84.9 Å². The summed E-state index contributed by atoms with van der Waals surface area (Å²) in [5, 5.41) is 0. The van der Waals surface area contributed by atoms with Crippen molar-refractivity contribution in [2.45, 2.75) is 64.2 Å². The van der Waals surface area contributed by atoms with E-state index < -0.39 is 20.8 Å². The average Bonchev–Trinajstić information content (AvgIpc) is 3.31. The van der Waals surface area contributed by atoms with Crippen LogP contribution in [0.25, 0.3) is 22.3 Å². The molecule has 2 aliphatic rings. The van der Waals surface area contributed by atoms with Gasteiger partial charge < -0.3 is 0 Å². The van der Waals surface area contributed by atoms with Crippen LogP contribution in [-0.4, -0.2) is 0 Å². The maximum atomic E-state index is 4.93. The third kappa shape index (κ3) is 7.32. The fourth-order valence-corrected chi connectivity index (χ4v) is 5.54. The van der Waals surface area contributed by atoms with Gasteiger partial charge >= 0.3 is 37.9 Å². The van der Waals surface area contributed by atoms with Gasteiger partial charge in [0, 0.05) is 0 Å². The van der Waals surface area contributed by atoms with Crippen molar-refractivity contribution in [1.29, 1.82) is 0 Å². The van der Waals surface area contributed by atoms with Crippen molar-refractivity contribution in [2.24, 2.45) is 0 Å². The van der Waals surface area contributed by atoms with E-state index in [9.17, 15) is 0 Å². The van der Waals surface area contributed by atoms with E-state index in [1.807, 2.05) is 0 Å². The Kier molecular flexibility index (Phi) is 10.9. The minimum Gasteiger partial charge on any atom is -0.148 e. The Hall–Kier alpha value is -1.40. The zero-order valence-electron chi connectivity index (χ0n) is 20.4. The molecule has 0 aliphatic heterocycles. The van der Waals surface area contributed by atoms with Gasteiger partial charge in [-0.2, -0.15) is 0 Å². The van der Waals surface area contributed by atoms with Gasteiger partial charge in [0.2, 0.25) is 0 Å². The summed E-state index contributed by atoms with van der Waals surface area (Å²) in [5.41, 5.74) is 12.1. The monoisotopic (exact) mass is 578 g/mol. The first-order valence-electron chi connectivity index (χ1n) is 12.9. The Bertz CT molecular complexity index is 1050. The SMILES string of the molecule is [Cl][Zr+2][Cl].c1ccc(-[c-]2ccc3c2CCCCC3)cc1.c1ccc(-[c-]2ccc3c2CCCCC3)cc1. The molecule has 3 heteroatoms. The van der Waals surface area contributed by atoms with Crippen LogP contribution < -0.4 is 0 Å². The molecule has 0 saturated heterocycles. The van der Waals surface area contributed by atoms with Gasteiger partial charge in [-0.05, 0) is 12.8 Å². The molecular weight excluding hydrogens is 546 g/mol. The second kappa shape index (κ2) is 14.4. The van der Waals surface area contributed by atoms with E-state index >= 15 is 0 Å². The summed E-state index contributed by atoms with van der Waals surface area (Å²) in [7, 11) is 9.87. The Morgan fingerprint density at radius 2 is 0.857 bits per heavy atom. The van der Waals surface area contributed by atoms with Crippen molar-refractivity contribution in [3.63, 3.8) is 0 Å². The van der Waals surface area contributed by atoms with Crippen LogP contribution in [0.3, 0.4) is 0 Å². The molecule has 0 fully saturated rings. The Balaban J connectivity index is 0.000000149. The standard InChI is InChI=1S/2C16H17.2ClH.Zr/c2*1-3-7-13(8-4-1)16-12-11-14-9-5-2-6-10-15(14)16;;;/h2*1,3-4,7-8,11-12H,2,5-6,9-10H2;2*1H;/q2*-1;;;+4/p-2. The van der Waals surface area contributed by atoms with Crippen molar-refractivity contribution in [3.05, 3.63) is 107 Å². The number of fused-ring (bicyclic) bond motifs is 2. The van der Waals surface area contributed by atoms with Gasteiger partial charge in [0.15, 0.2) is 0 Å². The molecule has 4 aromatic carbocycles. The fraction of sp³-hybridized carbons (Fsp3) is 0.312. The van der Waals surface area contributed by atoms with Gasteiger partial charge in [0.1, 0.15) is 0 Å². The Labute approximate surface area is 230 Å². The first-order valence-corrected chi connectivity index (χ1v) is 19.3. The maximum Gasteiger partial charge on any atom is -0.0416 e. The van der Waals surface area contributed by atoms with Crippen LogP contribution in [0.2, 0.25) is 0 Å². The Morgan fingerprint density at radius 1 is 0.486 bits per heavy atom. The number of hydrogen-bond donors (Lipinski definition) is 0. The molecule has 0 aromatic heterocycles. The molecule has 0 unspecified atom stereocenters. The summed E-state index contributed by atoms with van der Waals surface area (Å²) < 4.78 is 0. The van der Waals surface area contributed by atoms with Crippen molar-refractivity contribution >= 4 is 17.0 Å². The molecule has 0 bridgehead atoms. The fourth-order valence-electron chi connectivity index (χ4n) is 5.54. The van der Waals surface area contributed by atoms with E-state index in [0.717, 1.165) is 0 Å². The average molecular weight is 581 g/mol. The van der Waals surface area contributed by atoms with E-state index in [0.29, 0.717) is 0 Å². The topological polar surface area (TPSA) is 0 Å². The van der Waals surface area contributed by atoms with E-state index in [1.54, 1.807) is 22.3 Å². The number of aryl methyl sites for hydroxylation is 2. The smallest absolute Gasteiger partial charge is 0.0416 e. The normalized spacial score (nSPS) is 14.5. The van der Waals surface area contributed by atoms with Crippen molar-refractivity contribution < 1.29 is 20.8 Å². The molecule has 0 heterocycles. The molecule has 0 radical (unpaired) electrons. The van der Waals surface area contributed by atoms with Crippen LogP contribution >= 0.6 is 17.0 Å². The molecule has 4 aromatic rings.